The van der Waals surface area contributed by atoms with Gasteiger partial charge in [0.25, 0.3) is 0 Å². The van der Waals surface area contributed by atoms with E-state index >= 15 is 0 Å². The van der Waals surface area contributed by atoms with Crippen LogP contribution in [0.1, 0.15) is 35.5 Å². The molecule has 1 aromatic carbocycles. The van der Waals surface area contributed by atoms with Crippen LogP contribution in [0.15, 0.2) is 30.5 Å². The highest BCUT2D eigenvalue weighted by Crippen LogP contribution is 2.18. The van der Waals surface area contributed by atoms with E-state index in [2.05, 4.69) is 53.4 Å². The summed E-state index contributed by atoms with van der Waals surface area (Å²) in [4.78, 5) is 8.80. The van der Waals surface area contributed by atoms with Crippen molar-refractivity contribution in [3.63, 3.8) is 0 Å². The molecule has 0 bridgehead atoms. The Hall–Kier alpha value is -1.90. The van der Waals surface area contributed by atoms with Crippen LogP contribution in [0.5, 0.6) is 0 Å². The van der Waals surface area contributed by atoms with Gasteiger partial charge in [0, 0.05) is 6.04 Å². The molecule has 3 heteroatoms. The molecule has 2 aromatic rings. The highest BCUT2D eigenvalue weighted by Gasteiger charge is 2.06. The Morgan fingerprint density at radius 2 is 1.67 bits per heavy atom. The first-order chi connectivity index (χ1) is 8.56. The standard InChI is InChI=1S/C15H19N3/c1-10-5-7-14(8-6-10)13(4)18-15-9-16-11(2)12(3)17-15/h5-9,13H,1-4H3,(H,17,18). The van der Waals surface area contributed by atoms with Crippen LogP contribution < -0.4 is 5.32 Å². The summed E-state index contributed by atoms with van der Waals surface area (Å²) in [5.41, 5.74) is 4.47. The summed E-state index contributed by atoms with van der Waals surface area (Å²) in [6.45, 7) is 8.16. The quantitative estimate of drug-likeness (QED) is 0.892. The lowest BCUT2D eigenvalue weighted by atomic mass is 10.1. The minimum atomic E-state index is 0.224. The summed E-state index contributed by atoms with van der Waals surface area (Å²) in [5, 5.41) is 3.37. The third kappa shape index (κ3) is 2.86. The van der Waals surface area contributed by atoms with Crippen molar-refractivity contribution in [2.24, 2.45) is 0 Å². The summed E-state index contributed by atoms with van der Waals surface area (Å²) in [6, 6.07) is 8.75. The molecule has 1 heterocycles. The number of rotatable bonds is 3. The van der Waals surface area contributed by atoms with Crippen molar-refractivity contribution in [3.05, 3.63) is 53.0 Å². The van der Waals surface area contributed by atoms with Crippen LogP contribution in [0.2, 0.25) is 0 Å². The molecule has 94 valence electrons. The fraction of sp³-hybridized carbons (Fsp3) is 0.333. The van der Waals surface area contributed by atoms with Gasteiger partial charge >= 0.3 is 0 Å². The van der Waals surface area contributed by atoms with E-state index in [-0.39, 0.29) is 6.04 Å². The summed E-state index contributed by atoms with van der Waals surface area (Å²) >= 11 is 0. The van der Waals surface area contributed by atoms with Gasteiger partial charge in [0.05, 0.1) is 17.6 Å². The van der Waals surface area contributed by atoms with Gasteiger partial charge in [0.2, 0.25) is 0 Å². The smallest absolute Gasteiger partial charge is 0.145 e. The van der Waals surface area contributed by atoms with Gasteiger partial charge in [-0.25, -0.2) is 4.98 Å². The molecule has 0 amide bonds. The van der Waals surface area contributed by atoms with Crippen molar-refractivity contribution >= 4 is 5.82 Å². The molecule has 3 nitrogen and oxygen atoms in total. The predicted octanol–water partition coefficient (Wildman–Crippen LogP) is 3.57. The Kier molecular flexibility index (Phi) is 3.60. The molecule has 2 rings (SSSR count). The molecule has 0 saturated heterocycles. The molecule has 0 saturated carbocycles. The summed E-state index contributed by atoms with van der Waals surface area (Å²) in [5.74, 6) is 0.825. The Morgan fingerprint density at radius 3 is 2.28 bits per heavy atom. The SMILES string of the molecule is Cc1ccc(C(C)Nc2cnc(C)c(C)n2)cc1. The average Bonchev–Trinajstić information content (AvgIpc) is 2.34. The van der Waals surface area contributed by atoms with Gasteiger partial charge in [-0.1, -0.05) is 29.8 Å². The summed E-state index contributed by atoms with van der Waals surface area (Å²) < 4.78 is 0. The number of benzene rings is 1. The molecule has 0 aliphatic heterocycles. The van der Waals surface area contributed by atoms with Crippen LogP contribution in [0.3, 0.4) is 0 Å². The van der Waals surface area contributed by atoms with Crippen molar-refractivity contribution in [2.75, 3.05) is 5.32 Å². The molecule has 0 aliphatic carbocycles. The molecule has 18 heavy (non-hydrogen) atoms. The molecule has 1 N–H and O–H groups in total. The Labute approximate surface area is 108 Å². The van der Waals surface area contributed by atoms with Gasteiger partial charge in [-0.05, 0) is 33.3 Å². The Morgan fingerprint density at radius 1 is 1.00 bits per heavy atom. The third-order valence-corrected chi connectivity index (χ3v) is 3.13. The highest BCUT2D eigenvalue weighted by atomic mass is 15.0. The molecule has 0 radical (unpaired) electrons. The van der Waals surface area contributed by atoms with Crippen LogP contribution in [-0.2, 0) is 0 Å². The zero-order valence-electron chi connectivity index (χ0n) is 11.4. The lowest BCUT2D eigenvalue weighted by molar-refractivity contribution is 0.864. The first-order valence-electron chi connectivity index (χ1n) is 6.19. The topological polar surface area (TPSA) is 37.8 Å². The molecular weight excluding hydrogens is 222 g/mol. The predicted molar refractivity (Wildman–Crippen MR) is 74.7 cm³/mol. The second-order valence-corrected chi connectivity index (χ2v) is 4.70. The summed E-state index contributed by atoms with van der Waals surface area (Å²) in [7, 11) is 0. The molecule has 0 spiro atoms. The minimum absolute atomic E-state index is 0.224. The highest BCUT2D eigenvalue weighted by molar-refractivity contribution is 5.37. The Balaban J connectivity index is 2.13. The van der Waals surface area contributed by atoms with E-state index in [1.807, 2.05) is 13.8 Å². The van der Waals surface area contributed by atoms with Gasteiger partial charge in [-0.15, -0.1) is 0 Å². The fourth-order valence-corrected chi connectivity index (χ4v) is 1.77. The van der Waals surface area contributed by atoms with Crippen LogP contribution in [0.4, 0.5) is 5.82 Å². The van der Waals surface area contributed by atoms with Crippen LogP contribution in [-0.4, -0.2) is 9.97 Å². The maximum Gasteiger partial charge on any atom is 0.145 e. The third-order valence-electron chi connectivity index (χ3n) is 3.13. The molecule has 1 atom stereocenters. The van der Waals surface area contributed by atoms with Gasteiger partial charge in [0.1, 0.15) is 5.82 Å². The van der Waals surface area contributed by atoms with Crippen molar-refractivity contribution in [3.8, 4) is 0 Å². The molecule has 0 fully saturated rings. The number of anilines is 1. The van der Waals surface area contributed by atoms with E-state index in [1.165, 1.54) is 11.1 Å². The number of hydrogen-bond donors (Lipinski definition) is 1. The van der Waals surface area contributed by atoms with E-state index in [1.54, 1.807) is 6.20 Å². The van der Waals surface area contributed by atoms with Crippen molar-refractivity contribution in [2.45, 2.75) is 33.7 Å². The van der Waals surface area contributed by atoms with E-state index in [9.17, 15) is 0 Å². The zero-order chi connectivity index (χ0) is 13.1. The van der Waals surface area contributed by atoms with Crippen molar-refractivity contribution in [1.29, 1.82) is 0 Å². The van der Waals surface area contributed by atoms with E-state index in [4.69, 9.17) is 0 Å². The van der Waals surface area contributed by atoms with Crippen molar-refractivity contribution < 1.29 is 0 Å². The Bertz CT molecular complexity index is 532. The normalized spacial score (nSPS) is 12.2. The lowest BCUT2D eigenvalue weighted by Gasteiger charge is -2.15. The van der Waals surface area contributed by atoms with E-state index in [0.717, 1.165) is 17.2 Å². The summed E-state index contributed by atoms with van der Waals surface area (Å²) in [6.07, 6.45) is 1.78. The van der Waals surface area contributed by atoms with Crippen LogP contribution >= 0.6 is 0 Å². The first-order valence-corrected chi connectivity index (χ1v) is 6.19. The van der Waals surface area contributed by atoms with Gasteiger partial charge in [0.15, 0.2) is 0 Å². The second kappa shape index (κ2) is 5.17. The largest absolute Gasteiger partial charge is 0.362 e. The average molecular weight is 241 g/mol. The maximum absolute atomic E-state index is 4.48. The van der Waals surface area contributed by atoms with E-state index < -0.39 is 0 Å². The first kappa shape index (κ1) is 12.6. The molecule has 1 unspecified atom stereocenters. The number of nitrogens with zero attached hydrogens (tertiary/aromatic N) is 2. The van der Waals surface area contributed by atoms with Gasteiger partial charge < -0.3 is 5.32 Å². The number of nitrogens with one attached hydrogen (secondary N) is 1. The van der Waals surface area contributed by atoms with Gasteiger partial charge in [-0.2, -0.15) is 0 Å². The maximum atomic E-state index is 4.48. The van der Waals surface area contributed by atoms with Crippen LogP contribution in [0.25, 0.3) is 0 Å². The van der Waals surface area contributed by atoms with Gasteiger partial charge in [-0.3, -0.25) is 4.98 Å². The second-order valence-electron chi connectivity index (χ2n) is 4.70. The fourth-order valence-electron chi connectivity index (χ4n) is 1.77. The zero-order valence-corrected chi connectivity index (χ0v) is 11.4. The number of aryl methyl sites for hydroxylation is 3. The number of hydrogen-bond acceptors (Lipinski definition) is 3. The monoisotopic (exact) mass is 241 g/mol. The minimum Gasteiger partial charge on any atom is -0.362 e. The van der Waals surface area contributed by atoms with E-state index in [0.29, 0.717) is 0 Å². The molecule has 0 aliphatic rings. The van der Waals surface area contributed by atoms with Crippen molar-refractivity contribution in [1.82, 2.24) is 9.97 Å². The van der Waals surface area contributed by atoms with Crippen LogP contribution in [0, 0.1) is 20.8 Å². The molecular formula is C15H19N3. The lowest BCUT2D eigenvalue weighted by Crippen LogP contribution is -2.09. The molecule has 1 aromatic heterocycles. The number of aromatic nitrogens is 2.